The van der Waals surface area contributed by atoms with Crippen molar-refractivity contribution in [2.75, 3.05) is 13.1 Å². The van der Waals surface area contributed by atoms with Crippen LogP contribution in [0.2, 0.25) is 0 Å². The van der Waals surface area contributed by atoms with Crippen LogP contribution in [0, 0.1) is 13.8 Å². The maximum atomic E-state index is 12.5. The van der Waals surface area contributed by atoms with Crippen LogP contribution in [0.25, 0.3) is 5.78 Å². The third kappa shape index (κ3) is 3.24. The molecule has 0 aromatic carbocycles. The lowest BCUT2D eigenvalue weighted by Gasteiger charge is -2.12. The third-order valence-corrected chi connectivity index (χ3v) is 6.87. The number of furan rings is 1. The highest BCUT2D eigenvalue weighted by Crippen LogP contribution is 2.26. The first kappa shape index (κ1) is 17.5. The molecule has 3 aromatic heterocycles. The van der Waals surface area contributed by atoms with E-state index in [0.29, 0.717) is 35.5 Å². The monoisotopic (exact) mass is 393 g/mol. The molecule has 1 aliphatic rings. The number of aromatic nitrogens is 4. The lowest BCUT2D eigenvalue weighted by Crippen LogP contribution is -2.27. The number of fused-ring (bicyclic) bond motifs is 1. The molecule has 0 N–H and O–H groups in total. The summed E-state index contributed by atoms with van der Waals surface area (Å²) in [7, 11) is -3.52. The van der Waals surface area contributed by atoms with Gasteiger partial charge in [0.25, 0.3) is 15.8 Å². The lowest BCUT2D eigenvalue weighted by molar-refractivity contribution is 0.397. The Morgan fingerprint density at radius 3 is 2.73 bits per heavy atom. The molecule has 1 aliphatic heterocycles. The minimum atomic E-state index is -3.52. The van der Waals surface area contributed by atoms with Crippen molar-refractivity contribution >= 4 is 27.6 Å². The lowest BCUT2D eigenvalue weighted by atomic mass is 10.4. The summed E-state index contributed by atoms with van der Waals surface area (Å²) in [5.41, 5.74) is 1.85. The summed E-state index contributed by atoms with van der Waals surface area (Å²) in [5.74, 6) is 1.58. The first-order valence-electron chi connectivity index (χ1n) is 8.36. The van der Waals surface area contributed by atoms with Crippen molar-refractivity contribution < 1.29 is 12.8 Å². The van der Waals surface area contributed by atoms with Crippen LogP contribution < -0.4 is 0 Å². The largest absolute Gasteiger partial charge is 0.447 e. The fourth-order valence-electron chi connectivity index (χ4n) is 2.97. The van der Waals surface area contributed by atoms with E-state index in [0.717, 1.165) is 24.2 Å². The second-order valence-corrected chi connectivity index (χ2v) is 9.08. The van der Waals surface area contributed by atoms with Gasteiger partial charge in [-0.05, 0) is 44.9 Å². The van der Waals surface area contributed by atoms with Gasteiger partial charge >= 0.3 is 0 Å². The highest BCUT2D eigenvalue weighted by molar-refractivity contribution is 7.98. The number of aryl methyl sites for hydroxylation is 2. The topological polar surface area (TPSA) is 93.6 Å². The number of hydrogen-bond donors (Lipinski definition) is 0. The molecule has 0 saturated carbocycles. The molecule has 26 heavy (non-hydrogen) atoms. The summed E-state index contributed by atoms with van der Waals surface area (Å²) in [6.07, 6.45) is 1.80. The van der Waals surface area contributed by atoms with Gasteiger partial charge < -0.3 is 4.42 Å². The molecule has 3 aromatic rings. The van der Waals surface area contributed by atoms with E-state index < -0.39 is 10.0 Å². The number of sulfonamides is 1. The van der Waals surface area contributed by atoms with Crippen LogP contribution in [0.15, 0.2) is 32.9 Å². The highest BCUT2D eigenvalue weighted by Gasteiger charge is 2.29. The van der Waals surface area contributed by atoms with Gasteiger partial charge in [0.05, 0.1) is 5.75 Å². The maximum Gasteiger partial charge on any atom is 0.276 e. The fraction of sp³-hybridized carbons (Fsp3) is 0.438. The number of hydrogen-bond acceptors (Lipinski definition) is 7. The molecule has 0 radical (unpaired) electrons. The van der Waals surface area contributed by atoms with Gasteiger partial charge in [-0.1, -0.05) is 11.8 Å². The zero-order valence-corrected chi connectivity index (χ0v) is 16.2. The van der Waals surface area contributed by atoms with Crippen molar-refractivity contribution in [3.8, 4) is 0 Å². The van der Waals surface area contributed by atoms with Crippen molar-refractivity contribution in [2.45, 2.75) is 42.7 Å². The Labute approximate surface area is 155 Å². The van der Waals surface area contributed by atoms with E-state index in [2.05, 4.69) is 15.1 Å². The van der Waals surface area contributed by atoms with E-state index >= 15 is 0 Å². The summed E-state index contributed by atoms with van der Waals surface area (Å²) >= 11 is 1.38. The van der Waals surface area contributed by atoms with Crippen LogP contribution in [0.1, 0.15) is 30.0 Å². The Bertz CT molecular complexity index is 1050. The molecular formula is C16H19N5O3S2. The van der Waals surface area contributed by atoms with Crippen LogP contribution in [-0.4, -0.2) is 45.4 Å². The van der Waals surface area contributed by atoms with Gasteiger partial charge in [0.15, 0.2) is 0 Å². The van der Waals surface area contributed by atoms with Crippen molar-refractivity contribution in [1.29, 1.82) is 0 Å². The number of nitrogens with zero attached hydrogens (tertiary/aromatic N) is 5. The standard InChI is InChI=1S/C16H19N5O3S2/c1-11-9-12(2)21-15(17-11)18-16(19-21)25-10-13-5-6-14(24-13)26(22,23)20-7-3-4-8-20/h5-6,9H,3-4,7-8,10H2,1-2H3. The normalized spacial score (nSPS) is 15.9. The minimum Gasteiger partial charge on any atom is -0.447 e. The molecule has 4 heterocycles. The zero-order valence-electron chi connectivity index (χ0n) is 14.5. The molecule has 1 saturated heterocycles. The number of rotatable bonds is 5. The van der Waals surface area contributed by atoms with Gasteiger partial charge in [-0.15, -0.1) is 5.10 Å². The molecule has 0 atom stereocenters. The highest BCUT2D eigenvalue weighted by atomic mass is 32.2. The molecule has 138 valence electrons. The Morgan fingerprint density at radius 2 is 1.96 bits per heavy atom. The van der Waals surface area contributed by atoms with Crippen LogP contribution in [0.5, 0.6) is 0 Å². The summed E-state index contributed by atoms with van der Waals surface area (Å²) < 4.78 is 33.7. The predicted octanol–water partition coefficient (Wildman–Crippen LogP) is 2.41. The second kappa shape index (κ2) is 6.67. The third-order valence-electron chi connectivity index (χ3n) is 4.24. The average molecular weight is 393 g/mol. The van der Waals surface area contributed by atoms with Crippen LogP contribution in [0.4, 0.5) is 0 Å². The molecule has 0 unspecified atom stereocenters. The van der Waals surface area contributed by atoms with Crippen molar-refractivity contribution in [1.82, 2.24) is 23.9 Å². The quantitative estimate of drug-likeness (QED) is 0.615. The molecule has 10 heteroatoms. The van der Waals surface area contributed by atoms with E-state index in [1.807, 2.05) is 19.9 Å². The Balaban J connectivity index is 1.49. The van der Waals surface area contributed by atoms with E-state index in [1.165, 1.54) is 22.1 Å². The van der Waals surface area contributed by atoms with Crippen LogP contribution >= 0.6 is 11.8 Å². The van der Waals surface area contributed by atoms with Gasteiger partial charge in [0.2, 0.25) is 10.2 Å². The van der Waals surface area contributed by atoms with Crippen molar-refractivity contribution in [2.24, 2.45) is 0 Å². The molecular weight excluding hydrogens is 374 g/mol. The van der Waals surface area contributed by atoms with Crippen molar-refractivity contribution in [3.63, 3.8) is 0 Å². The molecule has 8 nitrogen and oxygen atoms in total. The summed E-state index contributed by atoms with van der Waals surface area (Å²) in [5, 5.41) is 5.01. The zero-order chi connectivity index (χ0) is 18.3. The SMILES string of the molecule is Cc1cc(C)n2nc(SCc3ccc(S(=O)(=O)N4CCCC4)o3)nc2n1. The maximum absolute atomic E-state index is 12.5. The van der Waals surface area contributed by atoms with Gasteiger partial charge in [-0.2, -0.15) is 9.29 Å². The van der Waals surface area contributed by atoms with E-state index in [-0.39, 0.29) is 5.09 Å². The van der Waals surface area contributed by atoms with E-state index in [9.17, 15) is 8.42 Å². The molecule has 1 fully saturated rings. The summed E-state index contributed by atoms with van der Waals surface area (Å²) in [6, 6.07) is 5.16. The number of thioether (sulfide) groups is 1. The second-order valence-electron chi connectivity index (χ2n) is 6.27. The molecule has 0 amide bonds. The van der Waals surface area contributed by atoms with Gasteiger partial charge in [0, 0.05) is 24.5 Å². The molecule has 0 spiro atoms. The van der Waals surface area contributed by atoms with Gasteiger partial charge in [0.1, 0.15) is 5.76 Å². The van der Waals surface area contributed by atoms with Crippen LogP contribution in [-0.2, 0) is 15.8 Å². The smallest absolute Gasteiger partial charge is 0.276 e. The first-order chi connectivity index (χ1) is 12.4. The summed E-state index contributed by atoms with van der Waals surface area (Å²) in [4.78, 5) is 8.76. The minimum absolute atomic E-state index is 0.00564. The van der Waals surface area contributed by atoms with Crippen LogP contribution in [0.3, 0.4) is 0 Å². The predicted molar refractivity (Wildman–Crippen MR) is 96.5 cm³/mol. The van der Waals surface area contributed by atoms with E-state index in [4.69, 9.17) is 4.42 Å². The fourth-order valence-corrected chi connectivity index (χ4v) is 5.13. The average Bonchev–Trinajstić information content (AvgIpc) is 3.33. The Kier molecular flexibility index (Phi) is 4.49. The molecule has 4 rings (SSSR count). The van der Waals surface area contributed by atoms with Gasteiger partial charge in [-0.3, -0.25) is 0 Å². The first-order valence-corrected chi connectivity index (χ1v) is 10.8. The van der Waals surface area contributed by atoms with Gasteiger partial charge in [-0.25, -0.2) is 17.9 Å². The summed E-state index contributed by atoms with van der Waals surface area (Å²) in [6.45, 7) is 4.99. The molecule has 0 bridgehead atoms. The Morgan fingerprint density at radius 1 is 1.19 bits per heavy atom. The van der Waals surface area contributed by atoms with E-state index in [1.54, 1.807) is 10.6 Å². The Hall–Kier alpha value is -1.91. The van der Waals surface area contributed by atoms with Crippen molar-refractivity contribution in [3.05, 3.63) is 35.3 Å². The molecule has 0 aliphatic carbocycles.